The topological polar surface area (TPSA) is 70.4 Å². The van der Waals surface area contributed by atoms with E-state index in [9.17, 15) is 9.90 Å². The average molecular weight is 318 g/mol. The fraction of sp³-hybridized carbons (Fsp3) is 0.765. The first-order valence-electron chi connectivity index (χ1n) is 8.93. The number of carbonyl (C=O) groups excluding carboxylic acids is 1. The maximum Gasteiger partial charge on any atom is 0.227 e. The summed E-state index contributed by atoms with van der Waals surface area (Å²) in [7, 11) is 0. The molecule has 0 aromatic carbocycles. The molecule has 2 heterocycles. The molecule has 2 N–H and O–H groups in total. The second-order valence-electron chi connectivity index (χ2n) is 7.45. The van der Waals surface area contributed by atoms with Gasteiger partial charge in [0, 0.05) is 31.2 Å². The number of rotatable bonds is 6. The Bertz CT molecular complexity index is 565. The number of hydrogen-bond donors (Lipinski definition) is 2. The van der Waals surface area contributed by atoms with Crippen LogP contribution in [0.4, 0.5) is 5.69 Å². The van der Waals surface area contributed by atoms with Crippen molar-refractivity contribution in [2.24, 2.45) is 11.8 Å². The number of amides is 1. The quantitative estimate of drug-likeness (QED) is 0.836. The second kappa shape index (κ2) is 6.24. The Labute approximate surface area is 136 Å². The lowest BCUT2D eigenvalue weighted by atomic mass is 9.85. The maximum atomic E-state index is 11.8. The standard InChI is InChI=1S/C17H26N4O2/c22-11-16-6-15(10-20(16)8-12-2-1-3-12)21-9-14(7-18-21)19-17(23)13-4-5-13/h7,9,12-13,15-16,22H,1-6,8,10-11H2,(H,19,23)/t15-,16-/m0/s1. The van der Waals surface area contributed by atoms with Crippen molar-refractivity contribution in [1.82, 2.24) is 14.7 Å². The Kier molecular flexibility index (Phi) is 4.11. The highest BCUT2D eigenvalue weighted by molar-refractivity contribution is 5.93. The summed E-state index contributed by atoms with van der Waals surface area (Å²) in [6.45, 7) is 2.27. The van der Waals surface area contributed by atoms with Crippen LogP contribution in [0.3, 0.4) is 0 Å². The largest absolute Gasteiger partial charge is 0.395 e. The highest BCUT2D eigenvalue weighted by atomic mass is 16.3. The Hall–Kier alpha value is -1.40. The van der Waals surface area contributed by atoms with E-state index in [2.05, 4.69) is 15.3 Å². The lowest BCUT2D eigenvalue weighted by Gasteiger charge is -2.32. The molecule has 3 fully saturated rings. The number of anilines is 1. The van der Waals surface area contributed by atoms with E-state index >= 15 is 0 Å². The molecule has 0 spiro atoms. The maximum absolute atomic E-state index is 11.8. The molecule has 2 saturated carbocycles. The zero-order valence-electron chi connectivity index (χ0n) is 13.5. The third-order valence-electron chi connectivity index (χ3n) is 5.63. The lowest BCUT2D eigenvalue weighted by molar-refractivity contribution is -0.117. The summed E-state index contributed by atoms with van der Waals surface area (Å²) in [5, 5.41) is 17.1. The van der Waals surface area contributed by atoms with Crippen LogP contribution < -0.4 is 5.32 Å². The summed E-state index contributed by atoms with van der Waals surface area (Å²) >= 11 is 0. The third kappa shape index (κ3) is 3.28. The number of aliphatic hydroxyl groups is 1. The number of nitrogens with one attached hydrogen (secondary N) is 1. The smallest absolute Gasteiger partial charge is 0.227 e. The number of hydrogen-bond acceptors (Lipinski definition) is 4. The summed E-state index contributed by atoms with van der Waals surface area (Å²) in [5.41, 5.74) is 0.792. The summed E-state index contributed by atoms with van der Waals surface area (Å²) in [5.74, 6) is 1.14. The number of aliphatic hydroxyl groups excluding tert-OH is 1. The molecule has 2 aliphatic carbocycles. The van der Waals surface area contributed by atoms with Crippen LogP contribution in [0, 0.1) is 11.8 Å². The van der Waals surface area contributed by atoms with Crippen LogP contribution in [-0.4, -0.2) is 51.4 Å². The molecule has 23 heavy (non-hydrogen) atoms. The van der Waals surface area contributed by atoms with Crippen molar-refractivity contribution in [3.63, 3.8) is 0 Å². The van der Waals surface area contributed by atoms with Gasteiger partial charge in [0.2, 0.25) is 5.91 Å². The predicted molar refractivity (Wildman–Crippen MR) is 87.0 cm³/mol. The van der Waals surface area contributed by atoms with E-state index in [1.807, 2.05) is 10.9 Å². The van der Waals surface area contributed by atoms with Gasteiger partial charge in [0.05, 0.1) is 24.5 Å². The van der Waals surface area contributed by atoms with Gasteiger partial charge in [-0.25, -0.2) is 0 Å². The van der Waals surface area contributed by atoms with Crippen molar-refractivity contribution in [1.29, 1.82) is 0 Å². The van der Waals surface area contributed by atoms with Crippen LogP contribution in [0.2, 0.25) is 0 Å². The number of carbonyl (C=O) groups is 1. The van der Waals surface area contributed by atoms with Crippen LogP contribution >= 0.6 is 0 Å². The van der Waals surface area contributed by atoms with E-state index in [1.165, 1.54) is 19.3 Å². The second-order valence-corrected chi connectivity index (χ2v) is 7.45. The fourth-order valence-electron chi connectivity index (χ4n) is 3.76. The molecule has 1 amide bonds. The first-order valence-corrected chi connectivity index (χ1v) is 8.93. The molecule has 6 heteroatoms. The van der Waals surface area contributed by atoms with Gasteiger partial charge in [-0.2, -0.15) is 5.10 Å². The summed E-state index contributed by atoms with van der Waals surface area (Å²) in [4.78, 5) is 14.3. The van der Waals surface area contributed by atoms with Crippen molar-refractivity contribution in [2.75, 3.05) is 25.0 Å². The van der Waals surface area contributed by atoms with Crippen molar-refractivity contribution in [2.45, 2.75) is 50.6 Å². The predicted octanol–water partition coefficient (Wildman–Crippen LogP) is 1.64. The van der Waals surface area contributed by atoms with Gasteiger partial charge in [0.1, 0.15) is 0 Å². The molecule has 1 saturated heterocycles. The highest BCUT2D eigenvalue weighted by Crippen LogP contribution is 2.33. The van der Waals surface area contributed by atoms with Gasteiger partial charge < -0.3 is 10.4 Å². The SMILES string of the molecule is O=C(Nc1cnn([C@H]2C[C@@H](CO)N(CC3CCC3)C2)c1)C1CC1. The van der Waals surface area contributed by atoms with Gasteiger partial charge in [0.15, 0.2) is 0 Å². The molecule has 0 bridgehead atoms. The minimum Gasteiger partial charge on any atom is -0.395 e. The summed E-state index contributed by atoms with van der Waals surface area (Å²) in [6.07, 6.45) is 10.6. The Morgan fingerprint density at radius 2 is 2.17 bits per heavy atom. The lowest BCUT2D eigenvalue weighted by Crippen LogP contribution is -2.38. The zero-order valence-corrected chi connectivity index (χ0v) is 13.5. The van der Waals surface area contributed by atoms with Crippen molar-refractivity contribution in [3.8, 4) is 0 Å². The number of nitrogens with zero attached hydrogens (tertiary/aromatic N) is 3. The van der Waals surface area contributed by atoms with E-state index in [0.29, 0.717) is 6.04 Å². The third-order valence-corrected chi connectivity index (χ3v) is 5.63. The van der Waals surface area contributed by atoms with Gasteiger partial charge in [-0.15, -0.1) is 0 Å². The monoisotopic (exact) mass is 318 g/mol. The van der Waals surface area contributed by atoms with Gasteiger partial charge in [-0.05, 0) is 38.0 Å². The molecule has 126 valence electrons. The first kappa shape index (κ1) is 15.1. The molecule has 0 unspecified atom stereocenters. The highest BCUT2D eigenvalue weighted by Gasteiger charge is 2.35. The summed E-state index contributed by atoms with van der Waals surface area (Å²) in [6, 6.07) is 0.535. The normalized spacial score (nSPS) is 28.7. The zero-order chi connectivity index (χ0) is 15.8. The van der Waals surface area contributed by atoms with Crippen molar-refractivity contribution < 1.29 is 9.90 Å². The fourth-order valence-corrected chi connectivity index (χ4v) is 3.76. The van der Waals surface area contributed by atoms with E-state index in [1.54, 1.807) is 6.20 Å². The van der Waals surface area contributed by atoms with Crippen LogP contribution in [0.15, 0.2) is 12.4 Å². The Morgan fingerprint density at radius 1 is 1.35 bits per heavy atom. The van der Waals surface area contributed by atoms with E-state index in [-0.39, 0.29) is 24.5 Å². The molecular formula is C17H26N4O2. The molecule has 1 aliphatic heterocycles. The molecule has 4 rings (SSSR count). The molecule has 2 atom stereocenters. The minimum atomic E-state index is 0.121. The molecule has 1 aromatic rings. The van der Waals surface area contributed by atoms with Crippen LogP contribution in [0.25, 0.3) is 0 Å². The number of aromatic nitrogens is 2. The van der Waals surface area contributed by atoms with Gasteiger partial charge in [0.25, 0.3) is 0 Å². The van der Waals surface area contributed by atoms with Gasteiger partial charge >= 0.3 is 0 Å². The number of likely N-dealkylation sites (tertiary alicyclic amines) is 1. The molecule has 0 radical (unpaired) electrons. The molecule has 1 aromatic heterocycles. The van der Waals surface area contributed by atoms with Crippen LogP contribution in [0.1, 0.15) is 44.6 Å². The average Bonchev–Trinajstić information content (AvgIpc) is 3.12. The van der Waals surface area contributed by atoms with Gasteiger partial charge in [-0.1, -0.05) is 6.42 Å². The van der Waals surface area contributed by atoms with Crippen molar-refractivity contribution in [3.05, 3.63) is 12.4 Å². The Balaban J connectivity index is 1.37. The first-order chi connectivity index (χ1) is 11.2. The molecule has 6 nitrogen and oxygen atoms in total. The van der Waals surface area contributed by atoms with Gasteiger partial charge in [-0.3, -0.25) is 14.4 Å². The molecule has 3 aliphatic rings. The summed E-state index contributed by atoms with van der Waals surface area (Å²) < 4.78 is 1.96. The van der Waals surface area contributed by atoms with E-state index < -0.39 is 0 Å². The van der Waals surface area contributed by atoms with E-state index in [4.69, 9.17) is 0 Å². The Morgan fingerprint density at radius 3 is 2.83 bits per heavy atom. The molecular weight excluding hydrogens is 292 g/mol. The van der Waals surface area contributed by atoms with E-state index in [0.717, 1.165) is 44.0 Å². The minimum absolute atomic E-state index is 0.121. The van der Waals surface area contributed by atoms with Crippen molar-refractivity contribution >= 4 is 11.6 Å². The van der Waals surface area contributed by atoms with Crippen LogP contribution in [0.5, 0.6) is 0 Å². The van der Waals surface area contributed by atoms with Crippen LogP contribution in [-0.2, 0) is 4.79 Å².